The summed E-state index contributed by atoms with van der Waals surface area (Å²) in [6.07, 6.45) is 3.20. The molecule has 136 valence electrons. The van der Waals surface area contributed by atoms with Crippen molar-refractivity contribution in [3.05, 3.63) is 48.0 Å². The van der Waals surface area contributed by atoms with Gasteiger partial charge >= 0.3 is 0 Å². The molecule has 2 aromatic carbocycles. The van der Waals surface area contributed by atoms with Gasteiger partial charge in [0.05, 0.1) is 6.04 Å². The first-order valence-corrected chi connectivity index (χ1v) is 9.83. The highest BCUT2D eigenvalue weighted by Crippen LogP contribution is 2.37. The zero-order valence-corrected chi connectivity index (χ0v) is 14.9. The van der Waals surface area contributed by atoms with E-state index >= 15 is 0 Å². The van der Waals surface area contributed by atoms with E-state index in [9.17, 15) is 4.79 Å². The Morgan fingerprint density at radius 3 is 2.88 bits per heavy atom. The number of benzene rings is 2. The second kappa shape index (κ2) is 6.65. The molecule has 1 amide bonds. The van der Waals surface area contributed by atoms with Crippen LogP contribution < -0.4 is 16.2 Å². The van der Waals surface area contributed by atoms with Gasteiger partial charge in [0.25, 0.3) is 0 Å². The number of piperidine rings is 1. The number of carbonyl (C=O) groups excluding carboxylic acids is 1. The number of nitrogens with zero attached hydrogens (tertiary/aromatic N) is 1. The maximum Gasteiger partial charge on any atom is 0.241 e. The Morgan fingerprint density at radius 2 is 1.92 bits per heavy atom. The fourth-order valence-electron chi connectivity index (χ4n) is 5.03. The van der Waals surface area contributed by atoms with E-state index in [4.69, 9.17) is 0 Å². The van der Waals surface area contributed by atoms with Crippen LogP contribution in [0.4, 0.5) is 0 Å². The van der Waals surface area contributed by atoms with Crippen molar-refractivity contribution in [3.8, 4) is 0 Å². The van der Waals surface area contributed by atoms with Gasteiger partial charge in [-0.05, 0) is 42.1 Å². The van der Waals surface area contributed by atoms with Gasteiger partial charge in [0.15, 0.2) is 0 Å². The van der Waals surface area contributed by atoms with Crippen LogP contribution in [0.5, 0.6) is 0 Å². The summed E-state index contributed by atoms with van der Waals surface area (Å²) in [5, 5.41) is 5.97. The minimum absolute atomic E-state index is 0.122. The van der Waals surface area contributed by atoms with Gasteiger partial charge in [-0.1, -0.05) is 42.5 Å². The van der Waals surface area contributed by atoms with Gasteiger partial charge in [0, 0.05) is 25.0 Å². The second-order valence-corrected chi connectivity index (χ2v) is 7.79. The van der Waals surface area contributed by atoms with E-state index in [1.165, 1.54) is 16.3 Å². The SMILES string of the molecule is O=C(C1NNC2CCNCC21)N1CCCC1c1cccc2ccccc12. The summed E-state index contributed by atoms with van der Waals surface area (Å²) in [7, 11) is 0. The van der Waals surface area contributed by atoms with Crippen molar-refractivity contribution < 1.29 is 4.79 Å². The first kappa shape index (κ1) is 16.2. The predicted octanol–water partition coefficient (Wildman–Crippen LogP) is 1.96. The molecule has 0 spiro atoms. The van der Waals surface area contributed by atoms with Crippen LogP contribution in [0.3, 0.4) is 0 Å². The quantitative estimate of drug-likeness (QED) is 0.775. The topological polar surface area (TPSA) is 56.4 Å². The molecule has 0 bridgehead atoms. The molecular formula is C21H26N4O. The average molecular weight is 350 g/mol. The number of nitrogens with one attached hydrogen (secondary N) is 3. The Hall–Kier alpha value is -1.95. The number of hydrogen-bond acceptors (Lipinski definition) is 4. The molecule has 3 saturated heterocycles. The predicted molar refractivity (Wildman–Crippen MR) is 102 cm³/mol. The molecule has 3 fully saturated rings. The number of hydrogen-bond donors (Lipinski definition) is 3. The number of carbonyl (C=O) groups is 1. The normalized spacial score (nSPS) is 31.3. The molecule has 3 heterocycles. The molecule has 3 aliphatic rings. The van der Waals surface area contributed by atoms with Crippen LogP contribution in [-0.2, 0) is 4.79 Å². The maximum absolute atomic E-state index is 13.4. The third kappa shape index (κ3) is 2.62. The Balaban J connectivity index is 1.44. The van der Waals surface area contributed by atoms with E-state index in [-0.39, 0.29) is 18.0 Å². The van der Waals surface area contributed by atoms with E-state index in [1.807, 2.05) is 0 Å². The molecule has 3 aliphatic heterocycles. The van der Waals surface area contributed by atoms with Crippen LogP contribution in [0.2, 0.25) is 0 Å². The molecule has 26 heavy (non-hydrogen) atoms. The molecule has 0 aromatic heterocycles. The smallest absolute Gasteiger partial charge is 0.241 e. The lowest BCUT2D eigenvalue weighted by Gasteiger charge is -2.32. The highest BCUT2D eigenvalue weighted by atomic mass is 16.2. The van der Waals surface area contributed by atoms with Gasteiger partial charge < -0.3 is 10.2 Å². The standard InChI is InChI=1S/C21H26N4O/c26-21(20-17-13-22-11-10-18(17)23-24-20)25-12-4-9-19(25)16-8-3-6-14-5-1-2-7-15(14)16/h1-3,5-8,17-20,22-24H,4,9-13H2. The van der Waals surface area contributed by atoms with E-state index in [0.29, 0.717) is 12.0 Å². The number of rotatable bonds is 2. The molecule has 4 unspecified atom stereocenters. The zero-order chi connectivity index (χ0) is 17.5. The zero-order valence-electron chi connectivity index (χ0n) is 14.9. The van der Waals surface area contributed by atoms with Crippen LogP contribution in [0.15, 0.2) is 42.5 Å². The molecule has 4 atom stereocenters. The Kier molecular flexibility index (Phi) is 4.15. The van der Waals surface area contributed by atoms with E-state index in [0.717, 1.165) is 38.9 Å². The summed E-state index contributed by atoms with van der Waals surface area (Å²) in [5.74, 6) is 0.592. The fraction of sp³-hybridized carbons (Fsp3) is 0.476. The second-order valence-electron chi connectivity index (χ2n) is 7.79. The van der Waals surface area contributed by atoms with Crippen molar-refractivity contribution in [1.82, 2.24) is 21.1 Å². The van der Waals surface area contributed by atoms with Gasteiger partial charge in [-0.25, -0.2) is 5.43 Å². The monoisotopic (exact) mass is 350 g/mol. The summed E-state index contributed by atoms with van der Waals surface area (Å²) in [6, 6.07) is 15.4. The number of fused-ring (bicyclic) bond motifs is 2. The van der Waals surface area contributed by atoms with E-state index in [1.54, 1.807) is 0 Å². The minimum atomic E-state index is -0.122. The lowest BCUT2D eigenvalue weighted by Crippen LogP contribution is -2.50. The van der Waals surface area contributed by atoms with Crippen LogP contribution in [0.1, 0.15) is 30.9 Å². The molecule has 0 saturated carbocycles. The van der Waals surface area contributed by atoms with Gasteiger partial charge in [-0.2, -0.15) is 0 Å². The molecule has 5 nitrogen and oxygen atoms in total. The molecule has 5 heteroatoms. The largest absolute Gasteiger partial charge is 0.334 e. The minimum Gasteiger partial charge on any atom is -0.334 e. The fourth-order valence-corrected chi connectivity index (χ4v) is 5.03. The van der Waals surface area contributed by atoms with E-state index in [2.05, 4.69) is 63.5 Å². The van der Waals surface area contributed by atoms with Crippen LogP contribution in [0, 0.1) is 5.92 Å². The lowest BCUT2D eigenvalue weighted by molar-refractivity contribution is -0.135. The van der Waals surface area contributed by atoms with Crippen LogP contribution in [0.25, 0.3) is 10.8 Å². The van der Waals surface area contributed by atoms with Gasteiger partial charge in [0.2, 0.25) is 5.91 Å². The van der Waals surface area contributed by atoms with Crippen molar-refractivity contribution in [3.63, 3.8) is 0 Å². The Labute approximate surface area is 154 Å². The summed E-state index contributed by atoms with van der Waals surface area (Å²) in [4.78, 5) is 15.5. The molecular weight excluding hydrogens is 324 g/mol. The molecule has 2 aromatic rings. The summed E-state index contributed by atoms with van der Waals surface area (Å²) in [5.41, 5.74) is 7.95. The molecule has 0 aliphatic carbocycles. The number of hydrazine groups is 1. The Morgan fingerprint density at radius 1 is 1.04 bits per heavy atom. The maximum atomic E-state index is 13.4. The van der Waals surface area contributed by atoms with Crippen molar-refractivity contribution in [2.24, 2.45) is 5.92 Å². The third-order valence-corrected chi connectivity index (χ3v) is 6.37. The van der Waals surface area contributed by atoms with Gasteiger partial charge in [0.1, 0.15) is 6.04 Å². The first-order chi connectivity index (χ1) is 12.8. The number of amides is 1. The number of likely N-dealkylation sites (tertiary alicyclic amines) is 1. The van der Waals surface area contributed by atoms with E-state index < -0.39 is 0 Å². The summed E-state index contributed by atoms with van der Waals surface area (Å²) in [6.45, 7) is 2.79. The van der Waals surface area contributed by atoms with Crippen molar-refractivity contribution in [2.45, 2.75) is 37.4 Å². The van der Waals surface area contributed by atoms with Gasteiger partial charge in [-0.3, -0.25) is 10.2 Å². The molecule has 3 N–H and O–H groups in total. The van der Waals surface area contributed by atoms with Crippen molar-refractivity contribution in [2.75, 3.05) is 19.6 Å². The summed E-state index contributed by atoms with van der Waals surface area (Å²) >= 11 is 0. The van der Waals surface area contributed by atoms with Gasteiger partial charge in [-0.15, -0.1) is 0 Å². The Bertz CT molecular complexity index is 817. The first-order valence-electron chi connectivity index (χ1n) is 9.83. The molecule has 0 radical (unpaired) electrons. The van der Waals surface area contributed by atoms with Crippen LogP contribution >= 0.6 is 0 Å². The van der Waals surface area contributed by atoms with Crippen molar-refractivity contribution in [1.29, 1.82) is 0 Å². The average Bonchev–Trinajstić information content (AvgIpc) is 3.34. The van der Waals surface area contributed by atoms with Crippen molar-refractivity contribution >= 4 is 16.7 Å². The lowest BCUT2D eigenvalue weighted by atomic mass is 9.88. The summed E-state index contributed by atoms with van der Waals surface area (Å²) < 4.78 is 0. The highest BCUT2D eigenvalue weighted by molar-refractivity contribution is 5.88. The molecule has 5 rings (SSSR count). The third-order valence-electron chi connectivity index (χ3n) is 6.37. The highest BCUT2D eigenvalue weighted by Gasteiger charge is 2.44. The van der Waals surface area contributed by atoms with Crippen LogP contribution in [-0.4, -0.2) is 42.5 Å².